The molecule has 41 heavy (non-hydrogen) atoms. The van der Waals surface area contributed by atoms with Gasteiger partial charge in [-0.2, -0.15) is 12.6 Å². The summed E-state index contributed by atoms with van der Waals surface area (Å²) in [5.74, 6) is -0.425. The Labute approximate surface area is 244 Å². The van der Waals surface area contributed by atoms with Crippen LogP contribution in [0.4, 0.5) is 0 Å². The van der Waals surface area contributed by atoms with Crippen LogP contribution in [0.2, 0.25) is 0 Å². The van der Waals surface area contributed by atoms with Gasteiger partial charge in [0.05, 0.1) is 37.9 Å². The van der Waals surface area contributed by atoms with Gasteiger partial charge in [-0.1, -0.05) is 0 Å². The van der Waals surface area contributed by atoms with Crippen LogP contribution in [0.1, 0.15) is 58.8 Å². The Kier molecular flexibility index (Phi) is 6.93. The molecule has 2 aromatic rings. The van der Waals surface area contributed by atoms with Crippen LogP contribution < -0.4 is 14.2 Å². The summed E-state index contributed by atoms with van der Waals surface area (Å²) in [6, 6.07) is 2.06. The number of Topliss-reactive ketones (excluding diaryl/α,β-unsaturated/α-hetero) is 1. The van der Waals surface area contributed by atoms with Crippen molar-refractivity contribution < 1.29 is 47.4 Å². The highest BCUT2D eigenvalue weighted by Gasteiger charge is 2.81. The molecule has 2 bridgehead atoms. The molecular weight excluding hydrogens is 552 g/mol. The zero-order valence-corrected chi connectivity index (χ0v) is 24.7. The number of carbonyl (C=O) groups is 1. The lowest BCUT2D eigenvalue weighted by Crippen LogP contribution is -2.68. The number of hydrogen-bond donors (Lipinski definition) is 1. The van der Waals surface area contributed by atoms with E-state index in [0.29, 0.717) is 66.6 Å². The predicted molar refractivity (Wildman–Crippen MR) is 149 cm³/mol. The Bertz CT molecular complexity index is 1390. The van der Waals surface area contributed by atoms with Gasteiger partial charge in [0.1, 0.15) is 23.4 Å². The SMILES string of the molecule is COc1c2c(c(OCCCS)c3c4c(c(C)cc13)[C@@H]1OC3(C5OCCCO5)OC1[C@@](OC)(O4)C3OC)C(=O)CCC2. The second kappa shape index (κ2) is 10.3. The molecule has 0 aromatic heterocycles. The van der Waals surface area contributed by atoms with Crippen molar-refractivity contribution in [3.05, 3.63) is 28.3 Å². The predicted octanol–water partition coefficient (Wildman–Crippen LogP) is 4.05. The molecule has 0 N–H and O–H groups in total. The van der Waals surface area contributed by atoms with E-state index < -0.39 is 36.2 Å². The van der Waals surface area contributed by atoms with Crippen molar-refractivity contribution in [3.63, 3.8) is 0 Å². The Morgan fingerprint density at radius 1 is 1.07 bits per heavy atom. The lowest BCUT2D eigenvalue weighted by molar-refractivity contribution is -0.376. The van der Waals surface area contributed by atoms with Gasteiger partial charge in [-0.3, -0.25) is 4.79 Å². The summed E-state index contributed by atoms with van der Waals surface area (Å²) in [4.78, 5) is 13.5. The first-order valence-corrected chi connectivity index (χ1v) is 14.9. The summed E-state index contributed by atoms with van der Waals surface area (Å²) in [5, 5.41) is 1.46. The van der Waals surface area contributed by atoms with Crippen molar-refractivity contribution in [2.75, 3.05) is 46.9 Å². The third-order valence-corrected chi connectivity index (χ3v) is 9.26. The first-order valence-electron chi connectivity index (χ1n) is 14.3. The number of carbonyl (C=O) groups excluding carboxylic acids is 1. The Hall–Kier alpha value is -2.12. The monoisotopic (exact) mass is 588 g/mol. The smallest absolute Gasteiger partial charge is 0.271 e. The van der Waals surface area contributed by atoms with E-state index in [4.69, 9.17) is 42.6 Å². The van der Waals surface area contributed by atoms with E-state index >= 15 is 0 Å². The fourth-order valence-corrected chi connectivity index (χ4v) is 7.46. The molecule has 4 heterocycles. The van der Waals surface area contributed by atoms with Crippen LogP contribution in [0.15, 0.2) is 6.07 Å². The highest BCUT2D eigenvalue weighted by molar-refractivity contribution is 7.80. The molecule has 5 aliphatic rings. The number of hydrogen-bond acceptors (Lipinski definition) is 11. The van der Waals surface area contributed by atoms with Gasteiger partial charge in [-0.25, -0.2) is 0 Å². The number of aryl methyl sites for hydroxylation is 1. The Morgan fingerprint density at radius 2 is 1.88 bits per heavy atom. The normalized spacial score (nSPS) is 32.1. The molecule has 3 saturated heterocycles. The van der Waals surface area contributed by atoms with E-state index in [-0.39, 0.29) is 5.78 Å². The average Bonchev–Trinajstić information content (AvgIpc) is 3.52. The van der Waals surface area contributed by atoms with Gasteiger partial charge in [0.2, 0.25) is 6.29 Å². The molecule has 4 aliphatic heterocycles. The first-order chi connectivity index (χ1) is 20.0. The number of methoxy groups -OCH3 is 3. The van der Waals surface area contributed by atoms with E-state index in [1.165, 1.54) is 0 Å². The standard InChI is InChI=1S/C30H36O10S/c1-15-14-17-21(23(35-12-7-13-41)20-16(22(17)32-2)8-5-9-18(20)31)24-19(15)25-26-29(34-4,38-24)27(33-3)30(39-25,40-26)28-36-10-6-11-37-28/h14,25-28,41H,5-13H2,1-4H3/t25-,26?,27?,29+,30?/m0/s1. The molecule has 1 aliphatic carbocycles. The summed E-state index contributed by atoms with van der Waals surface area (Å²) >= 11 is 4.36. The summed E-state index contributed by atoms with van der Waals surface area (Å²) in [6.45, 7) is 3.43. The second-order valence-corrected chi connectivity index (χ2v) is 11.6. The van der Waals surface area contributed by atoms with Crippen molar-refractivity contribution in [1.29, 1.82) is 0 Å². The third-order valence-electron chi connectivity index (χ3n) is 8.95. The largest absolute Gasteiger partial charge is 0.496 e. The molecule has 0 amide bonds. The summed E-state index contributed by atoms with van der Waals surface area (Å²) in [6.07, 6.45) is 0.513. The van der Waals surface area contributed by atoms with E-state index in [1.54, 1.807) is 21.3 Å². The molecule has 7 rings (SSSR count). The van der Waals surface area contributed by atoms with Crippen LogP contribution in [0.3, 0.4) is 0 Å². The Balaban J connectivity index is 1.49. The number of rotatable bonds is 8. The fraction of sp³-hybridized carbons (Fsp3) is 0.633. The highest BCUT2D eigenvalue weighted by atomic mass is 32.1. The summed E-state index contributed by atoms with van der Waals surface area (Å²) < 4.78 is 56.9. The van der Waals surface area contributed by atoms with Crippen molar-refractivity contribution >= 4 is 29.2 Å². The zero-order chi connectivity index (χ0) is 28.5. The molecule has 3 fully saturated rings. The number of ketones is 1. The minimum Gasteiger partial charge on any atom is -0.496 e. The maximum atomic E-state index is 13.5. The van der Waals surface area contributed by atoms with E-state index in [0.717, 1.165) is 41.3 Å². The summed E-state index contributed by atoms with van der Waals surface area (Å²) in [5.41, 5.74) is 3.15. The molecular formula is C30H36O10S. The van der Waals surface area contributed by atoms with Crippen molar-refractivity contribution in [1.82, 2.24) is 0 Å². The molecule has 11 heteroatoms. The van der Waals surface area contributed by atoms with Gasteiger partial charge in [-0.05, 0) is 50.0 Å². The molecule has 0 spiro atoms. The van der Waals surface area contributed by atoms with Crippen molar-refractivity contribution in [3.8, 4) is 17.2 Å². The minimum absolute atomic E-state index is 0.0289. The average molecular weight is 589 g/mol. The van der Waals surface area contributed by atoms with Gasteiger partial charge in [0.25, 0.3) is 11.6 Å². The lowest BCUT2D eigenvalue weighted by atomic mass is 9.81. The number of ether oxygens (including phenoxy) is 9. The van der Waals surface area contributed by atoms with Crippen LogP contribution in [-0.2, 0) is 34.8 Å². The van der Waals surface area contributed by atoms with Crippen LogP contribution in [0.25, 0.3) is 10.8 Å². The molecule has 3 unspecified atom stereocenters. The Morgan fingerprint density at radius 3 is 2.59 bits per heavy atom. The number of thiol groups is 1. The van der Waals surface area contributed by atoms with Crippen LogP contribution >= 0.6 is 12.6 Å². The topological polar surface area (TPSA) is 100 Å². The second-order valence-electron chi connectivity index (χ2n) is 11.1. The van der Waals surface area contributed by atoms with Crippen molar-refractivity contribution in [2.24, 2.45) is 0 Å². The lowest BCUT2D eigenvalue weighted by Gasteiger charge is -2.50. The third kappa shape index (κ3) is 3.70. The van der Waals surface area contributed by atoms with Gasteiger partial charge >= 0.3 is 0 Å². The summed E-state index contributed by atoms with van der Waals surface area (Å²) in [7, 11) is 4.77. The van der Waals surface area contributed by atoms with Gasteiger partial charge in [0.15, 0.2) is 18.0 Å². The molecule has 2 aromatic carbocycles. The number of fused-ring (bicyclic) bond motifs is 6. The van der Waals surface area contributed by atoms with Crippen LogP contribution in [-0.4, -0.2) is 82.8 Å². The van der Waals surface area contributed by atoms with Gasteiger partial charge in [-0.15, -0.1) is 0 Å². The maximum absolute atomic E-state index is 13.5. The minimum atomic E-state index is -1.39. The maximum Gasteiger partial charge on any atom is 0.271 e. The zero-order valence-electron chi connectivity index (χ0n) is 23.8. The molecule has 10 nitrogen and oxygen atoms in total. The van der Waals surface area contributed by atoms with E-state index in [1.807, 2.05) is 6.92 Å². The molecule has 5 atom stereocenters. The van der Waals surface area contributed by atoms with E-state index in [9.17, 15) is 4.79 Å². The van der Waals surface area contributed by atoms with Crippen LogP contribution in [0, 0.1) is 6.92 Å². The van der Waals surface area contributed by atoms with Gasteiger partial charge < -0.3 is 42.6 Å². The number of benzene rings is 2. The molecule has 0 saturated carbocycles. The highest BCUT2D eigenvalue weighted by Crippen LogP contribution is 2.65. The van der Waals surface area contributed by atoms with E-state index in [2.05, 4.69) is 18.7 Å². The molecule has 222 valence electrons. The first kappa shape index (κ1) is 27.7. The molecule has 0 radical (unpaired) electrons. The fourth-order valence-electron chi connectivity index (χ4n) is 7.33. The van der Waals surface area contributed by atoms with Crippen LogP contribution in [0.5, 0.6) is 17.2 Å². The quantitative estimate of drug-likeness (QED) is 0.359. The van der Waals surface area contributed by atoms with Gasteiger partial charge in [0, 0.05) is 37.2 Å². The van der Waals surface area contributed by atoms with Crippen molar-refractivity contribution in [2.45, 2.75) is 75.2 Å².